The van der Waals surface area contributed by atoms with Gasteiger partial charge in [0.05, 0.1) is 18.4 Å². The summed E-state index contributed by atoms with van der Waals surface area (Å²) in [6.45, 7) is 7.12. The Bertz CT molecular complexity index is 618. The highest BCUT2D eigenvalue weighted by atomic mass is 16.6. The number of fused-ring (bicyclic) bond motifs is 1. The van der Waals surface area contributed by atoms with Gasteiger partial charge in [0.15, 0.2) is 0 Å². The molecule has 0 aromatic heterocycles. The Morgan fingerprint density at radius 3 is 2.81 bits per heavy atom. The third kappa shape index (κ3) is 4.83. The molecule has 0 saturated carbocycles. The molecule has 0 unspecified atom stereocenters. The van der Waals surface area contributed by atoms with Crippen molar-refractivity contribution in [2.75, 3.05) is 13.2 Å². The zero-order chi connectivity index (χ0) is 19.3. The van der Waals surface area contributed by atoms with Gasteiger partial charge in [0.2, 0.25) is 0 Å². The summed E-state index contributed by atoms with van der Waals surface area (Å²) in [5, 5.41) is 18.6. The first-order valence-corrected chi connectivity index (χ1v) is 9.03. The molecule has 6 heteroatoms. The van der Waals surface area contributed by atoms with Crippen LogP contribution >= 0.6 is 0 Å². The van der Waals surface area contributed by atoms with Crippen LogP contribution in [-0.2, 0) is 19.1 Å². The van der Waals surface area contributed by atoms with Crippen molar-refractivity contribution in [1.29, 1.82) is 0 Å². The quantitative estimate of drug-likeness (QED) is 0.441. The molecular formula is C20H28O6. The second kappa shape index (κ2) is 9.14. The molecule has 0 radical (unpaired) electrons. The van der Waals surface area contributed by atoms with Crippen LogP contribution in [0.4, 0.5) is 0 Å². The second-order valence-electron chi connectivity index (χ2n) is 7.06. The maximum Gasteiger partial charge on any atom is 0.333 e. The Labute approximate surface area is 154 Å². The minimum absolute atomic E-state index is 0.0974. The number of carbonyl (C=O) groups excluding carboxylic acids is 2. The summed E-state index contributed by atoms with van der Waals surface area (Å²) in [7, 11) is 0. The molecule has 0 bridgehead atoms. The fourth-order valence-corrected chi connectivity index (χ4v) is 3.51. The van der Waals surface area contributed by atoms with Gasteiger partial charge in [-0.2, -0.15) is 0 Å². The van der Waals surface area contributed by atoms with Crippen LogP contribution in [-0.4, -0.2) is 47.6 Å². The summed E-state index contributed by atoms with van der Waals surface area (Å²) in [4.78, 5) is 24.5. The van der Waals surface area contributed by atoms with Crippen LogP contribution in [0, 0.1) is 11.8 Å². The van der Waals surface area contributed by atoms with Gasteiger partial charge in [0.1, 0.15) is 12.2 Å². The fourth-order valence-electron chi connectivity index (χ4n) is 3.51. The van der Waals surface area contributed by atoms with Crippen LogP contribution in [0.1, 0.15) is 39.5 Å². The van der Waals surface area contributed by atoms with Crippen LogP contribution in [0.15, 0.2) is 35.5 Å². The van der Waals surface area contributed by atoms with Crippen LogP contribution in [0.5, 0.6) is 0 Å². The smallest absolute Gasteiger partial charge is 0.333 e. The topological polar surface area (TPSA) is 93.1 Å². The Morgan fingerprint density at radius 1 is 1.42 bits per heavy atom. The standard InChI is InChI=1S/C20H28O6/c1-12-5-4-6-15(11-22)10-17-18(14(3)20(24)26-17)16(9-12)25-19(23)13(2)7-8-21/h5,10,14,16-18,21-22H,2,4,6-9,11H2,1,3H3/b12-5+,15-10-/t14-,16+,17-,18-/m1/s1. The molecule has 144 valence electrons. The number of aliphatic hydroxyl groups is 2. The number of ether oxygens (including phenoxy) is 2. The Hall–Kier alpha value is -1.92. The van der Waals surface area contributed by atoms with Gasteiger partial charge >= 0.3 is 11.9 Å². The van der Waals surface area contributed by atoms with Crippen LogP contribution < -0.4 is 0 Å². The monoisotopic (exact) mass is 364 g/mol. The lowest BCUT2D eigenvalue weighted by atomic mass is 9.82. The van der Waals surface area contributed by atoms with E-state index in [1.54, 1.807) is 13.0 Å². The lowest BCUT2D eigenvalue weighted by Gasteiger charge is -2.29. The van der Waals surface area contributed by atoms with Crippen LogP contribution in [0.2, 0.25) is 0 Å². The van der Waals surface area contributed by atoms with Crippen molar-refractivity contribution in [3.63, 3.8) is 0 Å². The van der Waals surface area contributed by atoms with Gasteiger partial charge in [-0.15, -0.1) is 0 Å². The third-order valence-electron chi connectivity index (χ3n) is 5.06. The van der Waals surface area contributed by atoms with Crippen molar-refractivity contribution in [2.45, 2.75) is 51.7 Å². The van der Waals surface area contributed by atoms with E-state index < -0.39 is 24.1 Å². The normalized spacial score (nSPS) is 33.2. The summed E-state index contributed by atoms with van der Waals surface area (Å²) in [6, 6.07) is 0. The minimum Gasteiger partial charge on any atom is -0.458 e. The van der Waals surface area contributed by atoms with Crippen molar-refractivity contribution in [1.82, 2.24) is 0 Å². The van der Waals surface area contributed by atoms with Crippen molar-refractivity contribution in [3.8, 4) is 0 Å². The predicted molar refractivity (Wildman–Crippen MR) is 96.0 cm³/mol. The molecule has 1 saturated heterocycles. The molecule has 1 heterocycles. The zero-order valence-corrected chi connectivity index (χ0v) is 15.4. The van der Waals surface area contributed by atoms with E-state index in [9.17, 15) is 14.7 Å². The molecule has 4 atom stereocenters. The van der Waals surface area contributed by atoms with E-state index in [4.69, 9.17) is 14.6 Å². The number of rotatable bonds is 5. The van der Waals surface area contributed by atoms with E-state index in [0.29, 0.717) is 12.8 Å². The highest BCUT2D eigenvalue weighted by Gasteiger charge is 2.47. The predicted octanol–water partition coefficient (Wildman–Crippen LogP) is 2.06. The molecule has 2 aliphatic rings. The van der Waals surface area contributed by atoms with E-state index in [1.807, 2.05) is 6.92 Å². The fraction of sp³-hybridized carbons (Fsp3) is 0.600. The molecular weight excluding hydrogens is 336 g/mol. The summed E-state index contributed by atoms with van der Waals surface area (Å²) in [6.07, 6.45) is 4.89. The van der Waals surface area contributed by atoms with E-state index in [-0.39, 0.29) is 37.1 Å². The first-order valence-electron chi connectivity index (χ1n) is 9.03. The van der Waals surface area contributed by atoms with E-state index in [1.165, 1.54) is 0 Å². The zero-order valence-electron chi connectivity index (χ0n) is 15.4. The minimum atomic E-state index is -0.564. The van der Waals surface area contributed by atoms with Gasteiger partial charge in [-0.3, -0.25) is 4.79 Å². The van der Waals surface area contributed by atoms with Crippen molar-refractivity contribution < 1.29 is 29.3 Å². The molecule has 0 amide bonds. The summed E-state index contributed by atoms with van der Waals surface area (Å²) < 4.78 is 11.2. The third-order valence-corrected chi connectivity index (χ3v) is 5.06. The molecule has 2 N–H and O–H groups in total. The van der Waals surface area contributed by atoms with Gasteiger partial charge in [0.25, 0.3) is 0 Å². The number of allylic oxidation sites excluding steroid dienone is 1. The molecule has 6 nitrogen and oxygen atoms in total. The SMILES string of the molecule is C=C(CCO)C(=O)O[C@H]1C/C(C)=C/CC/C(CO)=C/[C@H]2OC(=O)[C@H](C)[C@H]12. The summed E-state index contributed by atoms with van der Waals surface area (Å²) in [5.41, 5.74) is 2.06. The molecule has 0 spiro atoms. The lowest BCUT2D eigenvalue weighted by Crippen LogP contribution is -2.36. The van der Waals surface area contributed by atoms with Crippen molar-refractivity contribution in [3.05, 3.63) is 35.5 Å². The van der Waals surface area contributed by atoms with E-state index in [0.717, 1.165) is 17.6 Å². The van der Waals surface area contributed by atoms with Crippen molar-refractivity contribution in [2.24, 2.45) is 11.8 Å². The first kappa shape index (κ1) is 20.4. The first-order chi connectivity index (χ1) is 12.4. The number of carbonyl (C=O) groups is 2. The molecule has 0 aromatic rings. The molecule has 2 rings (SSSR count). The maximum atomic E-state index is 12.3. The summed E-state index contributed by atoms with van der Waals surface area (Å²) >= 11 is 0. The number of esters is 2. The number of aliphatic hydroxyl groups excluding tert-OH is 2. The number of hydrogen-bond acceptors (Lipinski definition) is 6. The van der Waals surface area contributed by atoms with Gasteiger partial charge in [-0.1, -0.05) is 25.2 Å². The van der Waals surface area contributed by atoms with Gasteiger partial charge < -0.3 is 19.7 Å². The second-order valence-corrected chi connectivity index (χ2v) is 7.06. The van der Waals surface area contributed by atoms with E-state index in [2.05, 4.69) is 12.7 Å². The molecule has 1 fully saturated rings. The van der Waals surface area contributed by atoms with Gasteiger partial charge in [-0.05, 0) is 31.4 Å². The molecule has 26 heavy (non-hydrogen) atoms. The van der Waals surface area contributed by atoms with Gasteiger partial charge in [-0.25, -0.2) is 4.79 Å². The highest BCUT2D eigenvalue weighted by molar-refractivity contribution is 5.88. The van der Waals surface area contributed by atoms with Crippen molar-refractivity contribution >= 4 is 11.9 Å². The maximum absolute atomic E-state index is 12.3. The largest absolute Gasteiger partial charge is 0.458 e. The molecule has 1 aliphatic carbocycles. The average Bonchev–Trinajstić information content (AvgIpc) is 2.87. The van der Waals surface area contributed by atoms with E-state index >= 15 is 0 Å². The highest BCUT2D eigenvalue weighted by Crippen LogP contribution is 2.37. The Balaban J connectivity index is 2.33. The number of hydrogen-bond donors (Lipinski definition) is 2. The summed E-state index contributed by atoms with van der Waals surface area (Å²) in [5.74, 6) is -1.65. The Morgan fingerprint density at radius 2 is 2.15 bits per heavy atom. The average molecular weight is 364 g/mol. The van der Waals surface area contributed by atoms with Gasteiger partial charge in [0, 0.05) is 25.0 Å². The van der Waals surface area contributed by atoms with Crippen LogP contribution in [0.3, 0.4) is 0 Å². The lowest BCUT2D eigenvalue weighted by molar-refractivity contribution is -0.148. The van der Waals surface area contributed by atoms with Crippen LogP contribution in [0.25, 0.3) is 0 Å². The molecule has 1 aliphatic heterocycles. The Kier molecular flexibility index (Phi) is 7.17. The molecule has 0 aromatic carbocycles.